The number of aromatic amines is 1. The minimum atomic E-state index is -4.38. The standard InChI is InChI=1S/C16H19F3N2O2/c1-15(2,3)21(14(22)23)7-6-10-9-20-13-8-11(16(17,18)19)4-5-12(10)13/h4-5,8-9,20H,6-7H2,1-3H3,(H,22,23). The van der Waals surface area contributed by atoms with Gasteiger partial charge in [0.05, 0.1) is 5.56 Å². The summed E-state index contributed by atoms with van der Waals surface area (Å²) in [6, 6.07) is 3.53. The SMILES string of the molecule is CC(C)(C)N(CCc1c[nH]c2cc(C(F)(F)F)ccc12)C(=O)O. The summed E-state index contributed by atoms with van der Waals surface area (Å²) in [4.78, 5) is 15.5. The topological polar surface area (TPSA) is 56.3 Å². The largest absolute Gasteiger partial charge is 0.465 e. The number of fused-ring (bicyclic) bond motifs is 1. The van der Waals surface area contributed by atoms with Crippen LogP contribution in [0, 0.1) is 0 Å². The summed E-state index contributed by atoms with van der Waals surface area (Å²) in [5.74, 6) is 0. The third-order valence-corrected chi connectivity index (χ3v) is 3.74. The monoisotopic (exact) mass is 328 g/mol. The predicted octanol–water partition coefficient (Wildman–Crippen LogP) is 4.51. The highest BCUT2D eigenvalue weighted by atomic mass is 19.4. The Morgan fingerprint density at radius 1 is 1.26 bits per heavy atom. The van der Waals surface area contributed by atoms with Gasteiger partial charge < -0.3 is 15.0 Å². The fourth-order valence-corrected chi connectivity index (χ4v) is 2.52. The number of H-pyrrole nitrogens is 1. The molecule has 0 atom stereocenters. The zero-order valence-electron chi connectivity index (χ0n) is 13.2. The molecule has 4 nitrogen and oxygen atoms in total. The first-order valence-corrected chi connectivity index (χ1v) is 7.18. The van der Waals surface area contributed by atoms with Gasteiger partial charge in [-0.2, -0.15) is 13.2 Å². The molecule has 1 aromatic carbocycles. The first-order valence-electron chi connectivity index (χ1n) is 7.18. The quantitative estimate of drug-likeness (QED) is 0.871. The molecule has 1 heterocycles. The van der Waals surface area contributed by atoms with Crippen molar-refractivity contribution in [2.24, 2.45) is 0 Å². The maximum absolute atomic E-state index is 12.7. The van der Waals surface area contributed by atoms with Crippen molar-refractivity contribution in [1.82, 2.24) is 9.88 Å². The lowest BCUT2D eigenvalue weighted by molar-refractivity contribution is -0.137. The molecular weight excluding hydrogens is 309 g/mol. The van der Waals surface area contributed by atoms with Crippen LogP contribution in [0.4, 0.5) is 18.0 Å². The first-order chi connectivity index (χ1) is 10.5. The zero-order valence-corrected chi connectivity index (χ0v) is 13.2. The fraction of sp³-hybridized carbons (Fsp3) is 0.438. The van der Waals surface area contributed by atoms with Gasteiger partial charge >= 0.3 is 12.3 Å². The van der Waals surface area contributed by atoms with E-state index in [9.17, 15) is 23.1 Å². The number of benzene rings is 1. The molecule has 0 aliphatic rings. The molecule has 0 saturated carbocycles. The molecule has 126 valence electrons. The maximum Gasteiger partial charge on any atom is 0.416 e. The van der Waals surface area contributed by atoms with Crippen molar-refractivity contribution < 1.29 is 23.1 Å². The molecule has 0 aliphatic heterocycles. The Hall–Kier alpha value is -2.18. The molecule has 2 aromatic rings. The van der Waals surface area contributed by atoms with Crippen LogP contribution in [0.1, 0.15) is 31.9 Å². The van der Waals surface area contributed by atoms with Crippen molar-refractivity contribution in [3.8, 4) is 0 Å². The van der Waals surface area contributed by atoms with Gasteiger partial charge in [-0.3, -0.25) is 0 Å². The van der Waals surface area contributed by atoms with Crippen LogP contribution in [0.25, 0.3) is 10.9 Å². The van der Waals surface area contributed by atoms with E-state index in [4.69, 9.17) is 0 Å². The molecule has 1 aromatic heterocycles. The van der Waals surface area contributed by atoms with E-state index in [0.29, 0.717) is 17.3 Å². The van der Waals surface area contributed by atoms with Gasteiger partial charge in [0.15, 0.2) is 0 Å². The minimum Gasteiger partial charge on any atom is -0.465 e. The molecule has 2 rings (SSSR count). The Morgan fingerprint density at radius 2 is 1.91 bits per heavy atom. The third-order valence-electron chi connectivity index (χ3n) is 3.74. The molecule has 7 heteroatoms. The van der Waals surface area contributed by atoms with E-state index in [1.54, 1.807) is 27.0 Å². The van der Waals surface area contributed by atoms with E-state index in [-0.39, 0.29) is 6.54 Å². The van der Waals surface area contributed by atoms with Crippen molar-refractivity contribution in [1.29, 1.82) is 0 Å². The summed E-state index contributed by atoms with van der Waals surface area (Å²) in [7, 11) is 0. The number of carboxylic acid groups (broad SMARTS) is 1. The van der Waals surface area contributed by atoms with Crippen LogP contribution in [0.2, 0.25) is 0 Å². The Morgan fingerprint density at radius 3 is 2.43 bits per heavy atom. The molecule has 23 heavy (non-hydrogen) atoms. The second kappa shape index (κ2) is 5.79. The molecule has 2 N–H and O–H groups in total. The Balaban J connectivity index is 2.23. The number of hydrogen-bond donors (Lipinski definition) is 2. The number of nitrogens with one attached hydrogen (secondary N) is 1. The van der Waals surface area contributed by atoms with Gasteiger partial charge in [0.2, 0.25) is 0 Å². The molecule has 0 radical (unpaired) electrons. The van der Waals surface area contributed by atoms with Crippen LogP contribution in [0.3, 0.4) is 0 Å². The minimum absolute atomic E-state index is 0.271. The first kappa shape index (κ1) is 17.2. The molecule has 0 unspecified atom stereocenters. The molecule has 0 aliphatic carbocycles. The van der Waals surface area contributed by atoms with E-state index < -0.39 is 23.4 Å². The Bertz CT molecular complexity index is 714. The van der Waals surface area contributed by atoms with Crippen molar-refractivity contribution in [2.45, 2.75) is 38.9 Å². The van der Waals surface area contributed by atoms with Gasteiger partial charge in [-0.05, 0) is 44.9 Å². The number of nitrogens with zero attached hydrogens (tertiary/aromatic N) is 1. The summed E-state index contributed by atoms with van der Waals surface area (Å²) in [6.45, 7) is 5.66. The van der Waals surface area contributed by atoms with Gasteiger partial charge in [-0.15, -0.1) is 0 Å². The molecule has 0 bridgehead atoms. The number of aromatic nitrogens is 1. The van der Waals surface area contributed by atoms with Crippen LogP contribution in [-0.2, 0) is 12.6 Å². The summed E-state index contributed by atoms with van der Waals surface area (Å²) in [6.07, 6.45) is -3.34. The van der Waals surface area contributed by atoms with Crippen molar-refractivity contribution in [3.05, 3.63) is 35.5 Å². The van der Waals surface area contributed by atoms with Crippen molar-refractivity contribution in [2.75, 3.05) is 6.54 Å². The molecular formula is C16H19F3N2O2. The van der Waals surface area contributed by atoms with Gasteiger partial charge in [-0.25, -0.2) is 4.79 Å². The van der Waals surface area contributed by atoms with Gasteiger partial charge in [0.1, 0.15) is 0 Å². The highest BCUT2D eigenvalue weighted by molar-refractivity contribution is 5.84. The van der Waals surface area contributed by atoms with Crippen molar-refractivity contribution in [3.63, 3.8) is 0 Å². The van der Waals surface area contributed by atoms with E-state index in [2.05, 4.69) is 4.98 Å². The van der Waals surface area contributed by atoms with Crippen molar-refractivity contribution >= 4 is 17.0 Å². The summed E-state index contributed by atoms with van der Waals surface area (Å²) in [5, 5.41) is 9.95. The van der Waals surface area contributed by atoms with Crippen LogP contribution in [0.15, 0.2) is 24.4 Å². The number of carbonyl (C=O) groups is 1. The average Bonchev–Trinajstić information content (AvgIpc) is 2.78. The van der Waals surface area contributed by atoms with Gasteiger partial charge in [-0.1, -0.05) is 6.07 Å². The van der Waals surface area contributed by atoms with Gasteiger partial charge in [0.25, 0.3) is 0 Å². The second-order valence-electron chi connectivity index (χ2n) is 6.43. The lowest BCUT2D eigenvalue weighted by Gasteiger charge is -2.33. The summed E-state index contributed by atoms with van der Waals surface area (Å²) >= 11 is 0. The fourth-order valence-electron chi connectivity index (χ4n) is 2.52. The van der Waals surface area contributed by atoms with Crippen LogP contribution in [0.5, 0.6) is 0 Å². The zero-order chi connectivity index (χ0) is 17.4. The summed E-state index contributed by atoms with van der Waals surface area (Å²) in [5.41, 5.74) is -0.0570. The van der Waals surface area contributed by atoms with E-state index >= 15 is 0 Å². The van der Waals surface area contributed by atoms with Gasteiger partial charge in [0, 0.05) is 29.2 Å². The number of amides is 1. The lowest BCUT2D eigenvalue weighted by Crippen LogP contribution is -2.45. The van der Waals surface area contributed by atoms with Crippen LogP contribution < -0.4 is 0 Å². The normalized spacial score (nSPS) is 12.6. The molecule has 0 saturated heterocycles. The predicted molar refractivity (Wildman–Crippen MR) is 81.5 cm³/mol. The maximum atomic E-state index is 12.7. The molecule has 0 fully saturated rings. The average molecular weight is 328 g/mol. The van der Waals surface area contributed by atoms with E-state index in [0.717, 1.165) is 17.7 Å². The van der Waals surface area contributed by atoms with Crippen LogP contribution in [-0.4, -0.2) is 33.2 Å². The van der Waals surface area contributed by atoms with Crippen LogP contribution >= 0.6 is 0 Å². The highest BCUT2D eigenvalue weighted by Crippen LogP contribution is 2.32. The molecule has 1 amide bonds. The summed E-state index contributed by atoms with van der Waals surface area (Å²) < 4.78 is 38.1. The number of rotatable bonds is 3. The Kier molecular flexibility index (Phi) is 4.32. The number of alkyl halides is 3. The number of halogens is 3. The smallest absolute Gasteiger partial charge is 0.416 e. The number of hydrogen-bond acceptors (Lipinski definition) is 1. The third kappa shape index (κ3) is 3.78. The lowest BCUT2D eigenvalue weighted by atomic mass is 10.0. The van der Waals surface area contributed by atoms with E-state index in [1.165, 1.54) is 11.0 Å². The van der Waals surface area contributed by atoms with E-state index in [1.807, 2.05) is 0 Å². The molecule has 0 spiro atoms. The Labute approximate surface area is 131 Å². The second-order valence-corrected chi connectivity index (χ2v) is 6.43. The highest BCUT2D eigenvalue weighted by Gasteiger charge is 2.31.